The normalized spacial score (nSPS) is 10.3. The summed E-state index contributed by atoms with van der Waals surface area (Å²) in [5.74, 6) is -0.511. The van der Waals surface area contributed by atoms with Gasteiger partial charge in [0.1, 0.15) is 5.75 Å². The van der Waals surface area contributed by atoms with Crippen molar-refractivity contribution in [2.45, 2.75) is 19.9 Å². The lowest BCUT2D eigenvalue weighted by molar-refractivity contribution is -0.131. The zero-order chi connectivity index (χ0) is 22.2. The molecular formula is C24H21BrN2O4. The number of hydrogen-bond acceptors (Lipinski definition) is 4. The van der Waals surface area contributed by atoms with E-state index in [0.717, 1.165) is 15.6 Å². The molecule has 3 aromatic rings. The Bertz CT molecular complexity index is 1080. The number of nitrogens with one attached hydrogen (secondary N) is 2. The number of benzene rings is 3. The molecule has 0 fully saturated rings. The number of rotatable bonds is 7. The van der Waals surface area contributed by atoms with Gasteiger partial charge < -0.3 is 15.4 Å². The molecule has 0 saturated heterocycles. The Labute approximate surface area is 188 Å². The van der Waals surface area contributed by atoms with Crippen LogP contribution in [0.5, 0.6) is 5.75 Å². The molecule has 0 radical (unpaired) electrons. The van der Waals surface area contributed by atoms with Crippen molar-refractivity contribution < 1.29 is 19.1 Å². The van der Waals surface area contributed by atoms with Gasteiger partial charge in [0.15, 0.2) is 0 Å². The van der Waals surface area contributed by atoms with E-state index in [2.05, 4.69) is 26.6 Å². The van der Waals surface area contributed by atoms with Gasteiger partial charge in [-0.25, -0.2) is 0 Å². The Hall–Kier alpha value is -3.45. The Morgan fingerprint density at radius 2 is 1.58 bits per heavy atom. The van der Waals surface area contributed by atoms with E-state index in [1.54, 1.807) is 30.3 Å². The number of amides is 2. The van der Waals surface area contributed by atoms with Gasteiger partial charge in [0.05, 0.1) is 6.42 Å². The van der Waals surface area contributed by atoms with Crippen molar-refractivity contribution >= 4 is 39.4 Å². The summed E-state index contributed by atoms with van der Waals surface area (Å²) in [4.78, 5) is 35.6. The average molecular weight is 481 g/mol. The highest BCUT2D eigenvalue weighted by Gasteiger charge is 2.09. The number of carbonyl (C=O) groups excluding carboxylic acids is 3. The minimum Gasteiger partial charge on any atom is -0.427 e. The molecule has 0 aromatic heterocycles. The molecule has 2 N–H and O–H groups in total. The SMILES string of the molecule is CC(=O)Oc1cccc(C(=O)Nc2ccc(CNC(=O)Cc3ccc(Br)cc3)cc2)c1. The molecule has 6 nitrogen and oxygen atoms in total. The fourth-order valence-electron chi connectivity index (χ4n) is 2.83. The zero-order valence-electron chi connectivity index (χ0n) is 16.9. The smallest absolute Gasteiger partial charge is 0.308 e. The predicted octanol–water partition coefficient (Wildman–Crippen LogP) is 4.49. The van der Waals surface area contributed by atoms with E-state index in [4.69, 9.17) is 4.74 Å². The number of hydrogen-bond donors (Lipinski definition) is 2. The summed E-state index contributed by atoms with van der Waals surface area (Å²) in [6, 6.07) is 21.2. The van der Waals surface area contributed by atoms with Gasteiger partial charge in [-0.1, -0.05) is 46.3 Å². The standard InChI is InChI=1S/C24H21BrN2O4/c1-16(28)31-22-4-2-3-19(14-22)24(30)27-21-11-7-18(8-12-21)15-26-23(29)13-17-5-9-20(25)10-6-17/h2-12,14H,13,15H2,1H3,(H,26,29)(H,27,30). The molecule has 0 saturated carbocycles. The zero-order valence-corrected chi connectivity index (χ0v) is 18.4. The summed E-state index contributed by atoms with van der Waals surface area (Å²) in [6.45, 7) is 1.70. The lowest BCUT2D eigenvalue weighted by atomic mass is 10.1. The van der Waals surface area contributed by atoms with Gasteiger partial charge in [-0.3, -0.25) is 14.4 Å². The Balaban J connectivity index is 1.51. The third kappa shape index (κ3) is 7.08. The van der Waals surface area contributed by atoms with Gasteiger partial charge in [0.25, 0.3) is 5.91 Å². The maximum atomic E-state index is 12.4. The number of esters is 1. The van der Waals surface area contributed by atoms with E-state index in [1.807, 2.05) is 36.4 Å². The topological polar surface area (TPSA) is 84.5 Å². The van der Waals surface area contributed by atoms with Crippen molar-refractivity contribution in [2.75, 3.05) is 5.32 Å². The van der Waals surface area contributed by atoms with Crippen molar-refractivity contribution in [1.82, 2.24) is 5.32 Å². The number of halogens is 1. The van der Waals surface area contributed by atoms with Crippen LogP contribution in [0.3, 0.4) is 0 Å². The lowest BCUT2D eigenvalue weighted by Crippen LogP contribution is -2.24. The number of anilines is 1. The van der Waals surface area contributed by atoms with Gasteiger partial charge in [0, 0.05) is 29.2 Å². The fourth-order valence-corrected chi connectivity index (χ4v) is 3.09. The van der Waals surface area contributed by atoms with E-state index < -0.39 is 5.97 Å². The molecule has 0 bridgehead atoms. The Kier molecular flexibility index (Phi) is 7.56. The van der Waals surface area contributed by atoms with Crippen LogP contribution in [0.4, 0.5) is 5.69 Å². The average Bonchev–Trinajstić information content (AvgIpc) is 2.74. The van der Waals surface area contributed by atoms with Crippen LogP contribution in [0.15, 0.2) is 77.3 Å². The van der Waals surface area contributed by atoms with Crippen LogP contribution in [0.25, 0.3) is 0 Å². The molecule has 3 rings (SSSR count). The van der Waals surface area contributed by atoms with Gasteiger partial charge in [-0.2, -0.15) is 0 Å². The molecule has 2 amide bonds. The Morgan fingerprint density at radius 1 is 0.903 bits per heavy atom. The van der Waals surface area contributed by atoms with Crippen LogP contribution >= 0.6 is 15.9 Å². The minimum atomic E-state index is -0.447. The summed E-state index contributed by atoms with van der Waals surface area (Å²) >= 11 is 3.37. The van der Waals surface area contributed by atoms with E-state index in [1.165, 1.54) is 13.0 Å². The maximum Gasteiger partial charge on any atom is 0.308 e. The molecule has 31 heavy (non-hydrogen) atoms. The van der Waals surface area contributed by atoms with Crippen LogP contribution in [0.2, 0.25) is 0 Å². The van der Waals surface area contributed by atoms with Crippen LogP contribution in [-0.2, 0) is 22.6 Å². The number of ether oxygens (including phenoxy) is 1. The molecule has 3 aromatic carbocycles. The highest BCUT2D eigenvalue weighted by molar-refractivity contribution is 9.10. The Morgan fingerprint density at radius 3 is 2.26 bits per heavy atom. The van der Waals surface area contributed by atoms with Crippen molar-refractivity contribution in [1.29, 1.82) is 0 Å². The van der Waals surface area contributed by atoms with Crippen LogP contribution in [0, 0.1) is 0 Å². The van der Waals surface area contributed by atoms with Crippen LogP contribution in [-0.4, -0.2) is 17.8 Å². The first kappa shape index (κ1) is 22.2. The summed E-state index contributed by atoms with van der Waals surface area (Å²) in [5, 5.41) is 5.69. The van der Waals surface area contributed by atoms with Gasteiger partial charge >= 0.3 is 5.97 Å². The molecular weight excluding hydrogens is 460 g/mol. The van der Waals surface area contributed by atoms with E-state index in [0.29, 0.717) is 30.0 Å². The van der Waals surface area contributed by atoms with E-state index in [-0.39, 0.29) is 11.8 Å². The summed E-state index contributed by atoms with van der Waals surface area (Å²) < 4.78 is 5.98. The van der Waals surface area contributed by atoms with E-state index in [9.17, 15) is 14.4 Å². The highest BCUT2D eigenvalue weighted by atomic mass is 79.9. The van der Waals surface area contributed by atoms with Crippen LogP contribution < -0.4 is 15.4 Å². The number of carbonyl (C=O) groups is 3. The molecule has 0 spiro atoms. The van der Waals surface area contributed by atoms with Crippen LogP contribution in [0.1, 0.15) is 28.4 Å². The van der Waals surface area contributed by atoms with Crippen molar-refractivity contribution in [3.8, 4) is 5.75 Å². The van der Waals surface area contributed by atoms with Gasteiger partial charge in [0.2, 0.25) is 5.91 Å². The molecule has 0 atom stereocenters. The molecule has 0 aliphatic carbocycles. The highest BCUT2D eigenvalue weighted by Crippen LogP contribution is 2.16. The first-order valence-electron chi connectivity index (χ1n) is 9.59. The molecule has 0 unspecified atom stereocenters. The second-order valence-electron chi connectivity index (χ2n) is 6.85. The third-order valence-corrected chi connectivity index (χ3v) is 4.87. The molecule has 158 valence electrons. The first-order valence-corrected chi connectivity index (χ1v) is 10.4. The second-order valence-corrected chi connectivity index (χ2v) is 7.77. The lowest BCUT2D eigenvalue weighted by Gasteiger charge is -2.09. The largest absolute Gasteiger partial charge is 0.427 e. The van der Waals surface area contributed by atoms with Gasteiger partial charge in [-0.15, -0.1) is 0 Å². The van der Waals surface area contributed by atoms with Crippen molar-refractivity contribution in [3.63, 3.8) is 0 Å². The third-order valence-electron chi connectivity index (χ3n) is 4.34. The van der Waals surface area contributed by atoms with Crippen molar-refractivity contribution in [3.05, 3.63) is 94.0 Å². The maximum absolute atomic E-state index is 12.4. The quantitative estimate of drug-likeness (QED) is 0.385. The predicted molar refractivity (Wildman–Crippen MR) is 122 cm³/mol. The summed E-state index contributed by atoms with van der Waals surface area (Å²) in [7, 11) is 0. The van der Waals surface area contributed by atoms with Gasteiger partial charge in [-0.05, 0) is 53.6 Å². The fraction of sp³-hybridized carbons (Fsp3) is 0.125. The monoisotopic (exact) mass is 480 g/mol. The second kappa shape index (κ2) is 10.5. The van der Waals surface area contributed by atoms with E-state index >= 15 is 0 Å². The minimum absolute atomic E-state index is 0.0626. The van der Waals surface area contributed by atoms with Crippen molar-refractivity contribution in [2.24, 2.45) is 0 Å². The molecule has 0 heterocycles. The summed E-state index contributed by atoms with van der Waals surface area (Å²) in [6.07, 6.45) is 0.313. The molecule has 0 aliphatic heterocycles. The first-order chi connectivity index (χ1) is 14.9. The molecule has 7 heteroatoms. The molecule has 0 aliphatic rings. The summed E-state index contributed by atoms with van der Waals surface area (Å²) in [5.41, 5.74) is 2.85.